The highest BCUT2D eigenvalue weighted by atomic mass is 16.5. The van der Waals surface area contributed by atoms with Crippen LogP contribution >= 0.6 is 0 Å². The van der Waals surface area contributed by atoms with Crippen LogP contribution in [0, 0.1) is 0 Å². The van der Waals surface area contributed by atoms with E-state index in [1.165, 1.54) is 11.1 Å². The van der Waals surface area contributed by atoms with Gasteiger partial charge in [0, 0.05) is 48.6 Å². The maximum absolute atomic E-state index is 6.07. The fourth-order valence-corrected chi connectivity index (χ4v) is 3.31. The Labute approximate surface area is 148 Å². The molecular weight excluding hydrogens is 312 g/mol. The minimum atomic E-state index is 0.538. The molecule has 0 spiro atoms. The molecule has 1 aromatic carbocycles. The van der Waals surface area contributed by atoms with E-state index in [1.807, 2.05) is 30.5 Å². The molecule has 0 amide bonds. The van der Waals surface area contributed by atoms with Gasteiger partial charge >= 0.3 is 0 Å². The minimum Gasteiger partial charge on any atom is -0.489 e. The highest BCUT2D eigenvalue weighted by Gasteiger charge is 2.17. The second kappa shape index (κ2) is 7.53. The number of hydrogen-bond acceptors (Lipinski definition) is 4. The summed E-state index contributed by atoms with van der Waals surface area (Å²) in [6, 6.07) is 14.4. The van der Waals surface area contributed by atoms with Gasteiger partial charge < -0.3 is 9.15 Å². The van der Waals surface area contributed by atoms with Crippen molar-refractivity contribution in [3.05, 3.63) is 83.6 Å². The number of rotatable bonds is 5. The summed E-state index contributed by atoms with van der Waals surface area (Å²) in [5, 5.41) is 0. The number of pyridine rings is 1. The smallest absolute Gasteiger partial charge is 0.124 e. The zero-order valence-corrected chi connectivity index (χ0v) is 14.2. The maximum atomic E-state index is 6.07. The topological polar surface area (TPSA) is 38.5 Å². The van der Waals surface area contributed by atoms with Gasteiger partial charge in [-0.2, -0.15) is 0 Å². The van der Waals surface area contributed by atoms with E-state index < -0.39 is 0 Å². The van der Waals surface area contributed by atoms with Crippen molar-refractivity contribution in [1.82, 2.24) is 9.88 Å². The SMILES string of the molecule is c1cncc(COc2ccccc2CN2CCCc3occc3C2)c1. The van der Waals surface area contributed by atoms with E-state index in [0.717, 1.165) is 49.5 Å². The van der Waals surface area contributed by atoms with Crippen molar-refractivity contribution in [1.29, 1.82) is 0 Å². The van der Waals surface area contributed by atoms with E-state index in [-0.39, 0.29) is 0 Å². The lowest BCUT2D eigenvalue weighted by molar-refractivity contribution is 0.249. The normalized spacial score (nSPS) is 14.7. The van der Waals surface area contributed by atoms with Gasteiger partial charge in [0.25, 0.3) is 0 Å². The van der Waals surface area contributed by atoms with Gasteiger partial charge in [-0.05, 0) is 31.2 Å². The molecule has 0 bridgehead atoms. The van der Waals surface area contributed by atoms with Gasteiger partial charge in [-0.15, -0.1) is 0 Å². The average molecular weight is 334 g/mol. The molecule has 0 aliphatic carbocycles. The average Bonchev–Trinajstić information content (AvgIpc) is 3.00. The predicted octanol–water partition coefficient (Wildman–Crippen LogP) is 4.20. The van der Waals surface area contributed by atoms with Crippen LogP contribution in [-0.2, 0) is 26.1 Å². The van der Waals surface area contributed by atoms with Crippen LogP contribution in [0.15, 0.2) is 65.5 Å². The largest absolute Gasteiger partial charge is 0.489 e. The summed E-state index contributed by atoms with van der Waals surface area (Å²) in [7, 11) is 0. The lowest BCUT2D eigenvalue weighted by atomic mass is 10.1. The minimum absolute atomic E-state index is 0.538. The van der Waals surface area contributed by atoms with Gasteiger partial charge in [-0.3, -0.25) is 9.88 Å². The van der Waals surface area contributed by atoms with Gasteiger partial charge in [-0.1, -0.05) is 24.3 Å². The van der Waals surface area contributed by atoms with Crippen molar-refractivity contribution in [3.8, 4) is 5.75 Å². The van der Waals surface area contributed by atoms with Crippen LogP contribution in [0.3, 0.4) is 0 Å². The Kier molecular flexibility index (Phi) is 4.79. The van der Waals surface area contributed by atoms with Gasteiger partial charge in [-0.25, -0.2) is 0 Å². The zero-order chi connectivity index (χ0) is 16.9. The number of fused-ring (bicyclic) bond motifs is 1. The van der Waals surface area contributed by atoms with Crippen LogP contribution in [0.5, 0.6) is 5.75 Å². The van der Waals surface area contributed by atoms with Crippen molar-refractivity contribution < 1.29 is 9.15 Å². The number of aromatic nitrogens is 1. The van der Waals surface area contributed by atoms with E-state index in [9.17, 15) is 0 Å². The third-order valence-electron chi connectivity index (χ3n) is 4.59. The number of furan rings is 1. The monoisotopic (exact) mass is 334 g/mol. The van der Waals surface area contributed by atoms with Crippen LogP contribution in [0.2, 0.25) is 0 Å². The van der Waals surface area contributed by atoms with Gasteiger partial charge in [0.1, 0.15) is 18.1 Å². The first-order valence-electron chi connectivity index (χ1n) is 8.76. The molecular formula is C21H22N2O2. The van der Waals surface area contributed by atoms with Crippen LogP contribution in [0.1, 0.15) is 28.9 Å². The predicted molar refractivity (Wildman–Crippen MR) is 96.2 cm³/mol. The number of benzene rings is 1. The summed E-state index contributed by atoms with van der Waals surface area (Å²) < 4.78 is 11.7. The maximum Gasteiger partial charge on any atom is 0.124 e. The molecule has 1 aliphatic rings. The number of aryl methyl sites for hydroxylation is 1. The number of ether oxygens (including phenoxy) is 1. The van der Waals surface area contributed by atoms with E-state index in [0.29, 0.717) is 6.61 Å². The van der Waals surface area contributed by atoms with Crippen LogP contribution in [0.4, 0.5) is 0 Å². The second-order valence-electron chi connectivity index (χ2n) is 6.44. The highest BCUT2D eigenvalue weighted by Crippen LogP contribution is 2.25. The Hall–Kier alpha value is -2.59. The third-order valence-corrected chi connectivity index (χ3v) is 4.59. The molecule has 0 saturated carbocycles. The van der Waals surface area contributed by atoms with Gasteiger partial charge in [0.05, 0.1) is 6.26 Å². The molecule has 4 nitrogen and oxygen atoms in total. The molecule has 0 fully saturated rings. The zero-order valence-electron chi connectivity index (χ0n) is 14.2. The van der Waals surface area contributed by atoms with E-state index in [2.05, 4.69) is 28.1 Å². The van der Waals surface area contributed by atoms with Crippen molar-refractivity contribution in [2.24, 2.45) is 0 Å². The molecule has 4 rings (SSSR count). The molecule has 128 valence electrons. The summed E-state index contributed by atoms with van der Waals surface area (Å²) in [5.41, 5.74) is 3.61. The van der Waals surface area contributed by atoms with Crippen LogP contribution in [0.25, 0.3) is 0 Å². The molecule has 0 radical (unpaired) electrons. The molecule has 3 heterocycles. The molecule has 1 aliphatic heterocycles. The quantitative estimate of drug-likeness (QED) is 0.701. The summed E-state index contributed by atoms with van der Waals surface area (Å²) in [5.74, 6) is 2.09. The molecule has 4 heteroatoms. The first kappa shape index (κ1) is 15.9. The Morgan fingerprint density at radius 3 is 3.00 bits per heavy atom. The molecule has 2 aromatic heterocycles. The third kappa shape index (κ3) is 3.91. The standard InChI is InChI=1S/C21H22N2O2/c1-2-7-21(25-16-17-5-3-10-22-13-17)18(6-1)14-23-11-4-8-20-19(15-23)9-12-24-20/h1-3,5-7,9-10,12-13H,4,8,11,14-16H2. The Bertz CT molecular complexity index is 814. The van der Waals surface area contributed by atoms with Crippen LogP contribution in [-0.4, -0.2) is 16.4 Å². The van der Waals surface area contributed by atoms with Crippen molar-refractivity contribution in [3.63, 3.8) is 0 Å². The summed E-state index contributed by atoms with van der Waals surface area (Å²) in [6.07, 6.45) is 7.58. The summed E-state index contributed by atoms with van der Waals surface area (Å²) in [6.45, 7) is 3.43. The molecule has 3 aromatic rings. The van der Waals surface area contributed by atoms with Crippen LogP contribution < -0.4 is 4.74 Å². The fraction of sp³-hybridized carbons (Fsp3) is 0.286. The van der Waals surface area contributed by atoms with Gasteiger partial charge in [0.2, 0.25) is 0 Å². The number of para-hydroxylation sites is 1. The van der Waals surface area contributed by atoms with Crippen molar-refractivity contribution >= 4 is 0 Å². The fourth-order valence-electron chi connectivity index (χ4n) is 3.31. The molecule has 0 saturated heterocycles. The molecule has 25 heavy (non-hydrogen) atoms. The number of nitrogens with zero attached hydrogens (tertiary/aromatic N) is 2. The molecule has 0 unspecified atom stereocenters. The van der Waals surface area contributed by atoms with Crippen molar-refractivity contribution in [2.75, 3.05) is 6.54 Å². The summed E-state index contributed by atoms with van der Waals surface area (Å²) in [4.78, 5) is 6.61. The first-order chi connectivity index (χ1) is 12.4. The first-order valence-corrected chi connectivity index (χ1v) is 8.76. The molecule has 0 N–H and O–H groups in total. The van der Waals surface area contributed by atoms with E-state index >= 15 is 0 Å². The number of hydrogen-bond donors (Lipinski definition) is 0. The van der Waals surface area contributed by atoms with E-state index in [4.69, 9.17) is 9.15 Å². The highest BCUT2D eigenvalue weighted by molar-refractivity contribution is 5.33. The lowest BCUT2D eigenvalue weighted by Gasteiger charge is -2.21. The Morgan fingerprint density at radius 1 is 1.12 bits per heavy atom. The summed E-state index contributed by atoms with van der Waals surface area (Å²) >= 11 is 0. The van der Waals surface area contributed by atoms with Crippen molar-refractivity contribution in [2.45, 2.75) is 32.5 Å². The van der Waals surface area contributed by atoms with Gasteiger partial charge in [0.15, 0.2) is 0 Å². The lowest BCUT2D eigenvalue weighted by Crippen LogP contribution is -2.23. The Morgan fingerprint density at radius 2 is 2.08 bits per heavy atom. The van der Waals surface area contributed by atoms with E-state index in [1.54, 1.807) is 12.5 Å². The second-order valence-corrected chi connectivity index (χ2v) is 6.44. The Balaban J connectivity index is 1.45. The molecule has 0 atom stereocenters.